The van der Waals surface area contributed by atoms with E-state index in [1.165, 1.54) is 0 Å². The highest BCUT2D eigenvalue weighted by Crippen LogP contribution is 2.23. The van der Waals surface area contributed by atoms with Crippen LogP contribution in [0.5, 0.6) is 0 Å². The van der Waals surface area contributed by atoms with E-state index in [0.29, 0.717) is 15.7 Å². The van der Waals surface area contributed by atoms with Gasteiger partial charge in [0.1, 0.15) is 11.6 Å². The fourth-order valence-electron chi connectivity index (χ4n) is 2.36. The minimum absolute atomic E-state index is 0.0448. The van der Waals surface area contributed by atoms with E-state index in [-0.39, 0.29) is 23.6 Å². The van der Waals surface area contributed by atoms with Crippen LogP contribution in [0.4, 0.5) is 5.69 Å². The fourth-order valence-corrected chi connectivity index (χ4v) is 2.88. The Balaban J connectivity index is 2.17. The average molecular weight is 339 g/mol. The molecule has 2 atom stereocenters. The monoisotopic (exact) mass is 338 g/mol. The van der Waals surface area contributed by atoms with E-state index in [2.05, 4.69) is 16.2 Å². The Bertz CT molecular complexity index is 623. The molecule has 116 valence electrons. The van der Waals surface area contributed by atoms with Gasteiger partial charge in [-0.25, -0.2) is 0 Å². The molecule has 22 heavy (non-hydrogen) atoms. The number of carbonyl (C=O) groups is 1. The van der Waals surface area contributed by atoms with Gasteiger partial charge in [-0.15, -0.1) is 0 Å². The van der Waals surface area contributed by atoms with Crippen molar-refractivity contribution < 1.29 is 4.79 Å². The van der Waals surface area contributed by atoms with Gasteiger partial charge in [-0.3, -0.25) is 15.6 Å². The molecule has 5 nitrogen and oxygen atoms in total. The highest BCUT2D eigenvalue weighted by Gasteiger charge is 2.29. The Morgan fingerprint density at radius 3 is 2.27 bits per heavy atom. The Hall–Kier alpha value is -1.58. The van der Waals surface area contributed by atoms with Crippen molar-refractivity contribution in [2.45, 2.75) is 25.9 Å². The summed E-state index contributed by atoms with van der Waals surface area (Å²) in [6.45, 7) is 3.97. The zero-order chi connectivity index (χ0) is 16.3. The van der Waals surface area contributed by atoms with Gasteiger partial charge in [-0.2, -0.15) is 5.26 Å². The third-order valence-corrected chi connectivity index (χ3v) is 3.97. The van der Waals surface area contributed by atoms with Crippen molar-refractivity contribution in [1.29, 1.82) is 5.26 Å². The van der Waals surface area contributed by atoms with Crippen molar-refractivity contribution in [3.8, 4) is 6.07 Å². The number of rotatable bonds is 3. The number of hydrogen-bond acceptors (Lipinski definition) is 4. The predicted molar refractivity (Wildman–Crippen MR) is 87.5 cm³/mol. The number of anilines is 1. The van der Waals surface area contributed by atoms with E-state index >= 15 is 0 Å². The van der Waals surface area contributed by atoms with Crippen molar-refractivity contribution in [2.75, 3.05) is 5.32 Å². The first-order chi connectivity index (χ1) is 10.4. The maximum atomic E-state index is 12.2. The van der Waals surface area contributed by atoms with Crippen LogP contribution in [0.1, 0.15) is 13.8 Å². The molecule has 1 heterocycles. The summed E-state index contributed by atoms with van der Waals surface area (Å²) in [5.74, 6) is -0.435. The first-order valence-electron chi connectivity index (χ1n) is 6.81. The molecule has 1 aliphatic rings. The fraction of sp³-hybridized carbons (Fsp3) is 0.333. The first-order valence-corrected chi connectivity index (χ1v) is 7.56. The summed E-state index contributed by atoms with van der Waals surface area (Å²) in [4.78, 5) is 12.2. The highest BCUT2D eigenvalue weighted by molar-refractivity contribution is 6.35. The molecule has 1 fully saturated rings. The van der Waals surface area contributed by atoms with Crippen molar-refractivity contribution in [3.63, 3.8) is 0 Å². The number of hydrazine groups is 1. The van der Waals surface area contributed by atoms with Crippen LogP contribution in [0.2, 0.25) is 10.0 Å². The predicted octanol–water partition coefficient (Wildman–Crippen LogP) is 2.88. The molecule has 2 unspecified atom stereocenters. The van der Waals surface area contributed by atoms with Crippen LogP contribution in [-0.2, 0) is 4.79 Å². The summed E-state index contributed by atoms with van der Waals surface area (Å²) in [7, 11) is 0. The number of benzene rings is 1. The van der Waals surface area contributed by atoms with Gasteiger partial charge < -0.3 is 5.32 Å². The Morgan fingerprint density at radius 2 is 1.77 bits per heavy atom. The van der Waals surface area contributed by atoms with Gasteiger partial charge in [0, 0.05) is 33.7 Å². The lowest BCUT2D eigenvalue weighted by Gasteiger charge is -2.14. The Labute approximate surface area is 139 Å². The van der Waals surface area contributed by atoms with Gasteiger partial charge >= 0.3 is 0 Å². The molecule has 1 aliphatic heterocycles. The number of carbonyl (C=O) groups excluding carboxylic acids is 1. The van der Waals surface area contributed by atoms with Crippen molar-refractivity contribution in [2.24, 2.45) is 5.92 Å². The minimum atomic E-state index is -0.480. The maximum absolute atomic E-state index is 12.2. The van der Waals surface area contributed by atoms with Gasteiger partial charge in [0.25, 0.3) is 5.91 Å². The third kappa shape index (κ3) is 3.99. The van der Waals surface area contributed by atoms with Crippen molar-refractivity contribution >= 4 is 34.8 Å². The molecule has 3 N–H and O–H groups in total. The molecule has 0 spiro atoms. The molecule has 0 aliphatic carbocycles. The van der Waals surface area contributed by atoms with Gasteiger partial charge in [-0.05, 0) is 32.0 Å². The second kappa shape index (κ2) is 7.12. The van der Waals surface area contributed by atoms with E-state index in [0.717, 1.165) is 0 Å². The average Bonchev–Trinajstić information content (AvgIpc) is 2.74. The number of amides is 1. The SMILES string of the molecule is CC1NNC(C)C1/C=C(/C#N)C(=O)Nc1cc(Cl)cc(Cl)c1. The molecule has 1 aromatic carbocycles. The smallest absolute Gasteiger partial charge is 0.265 e. The van der Waals surface area contributed by atoms with Crippen LogP contribution in [0.3, 0.4) is 0 Å². The van der Waals surface area contributed by atoms with Crippen LogP contribution in [0.25, 0.3) is 0 Å². The van der Waals surface area contributed by atoms with Gasteiger partial charge in [0.2, 0.25) is 0 Å². The van der Waals surface area contributed by atoms with Crippen LogP contribution >= 0.6 is 23.2 Å². The van der Waals surface area contributed by atoms with Crippen LogP contribution < -0.4 is 16.2 Å². The summed E-state index contributed by atoms with van der Waals surface area (Å²) in [6.07, 6.45) is 1.68. The zero-order valence-corrected chi connectivity index (χ0v) is 13.7. The van der Waals surface area contributed by atoms with E-state index < -0.39 is 5.91 Å². The number of halogens is 2. The number of nitrogens with zero attached hydrogens (tertiary/aromatic N) is 1. The number of hydrogen-bond donors (Lipinski definition) is 3. The Morgan fingerprint density at radius 1 is 1.23 bits per heavy atom. The molecule has 2 rings (SSSR count). The zero-order valence-electron chi connectivity index (χ0n) is 12.2. The first kappa shape index (κ1) is 16.8. The van der Waals surface area contributed by atoms with E-state index in [1.807, 2.05) is 19.9 Å². The topological polar surface area (TPSA) is 76.9 Å². The van der Waals surface area contributed by atoms with Crippen molar-refractivity contribution in [3.05, 3.63) is 39.9 Å². The molecule has 1 saturated heterocycles. The van der Waals surface area contributed by atoms with Crippen LogP contribution in [0, 0.1) is 17.2 Å². The lowest BCUT2D eigenvalue weighted by Crippen LogP contribution is -2.30. The quantitative estimate of drug-likeness (QED) is 0.585. The molecule has 0 bridgehead atoms. The minimum Gasteiger partial charge on any atom is -0.321 e. The molecular weight excluding hydrogens is 323 g/mol. The van der Waals surface area contributed by atoms with Crippen LogP contribution in [0.15, 0.2) is 29.8 Å². The molecule has 0 saturated carbocycles. The lowest BCUT2D eigenvalue weighted by atomic mass is 9.94. The third-order valence-electron chi connectivity index (χ3n) is 3.54. The van der Waals surface area contributed by atoms with E-state index in [1.54, 1.807) is 24.3 Å². The molecule has 7 heteroatoms. The molecule has 1 amide bonds. The molecular formula is C15H16Cl2N4O. The largest absolute Gasteiger partial charge is 0.321 e. The Kier molecular flexibility index (Phi) is 5.43. The van der Waals surface area contributed by atoms with E-state index in [9.17, 15) is 10.1 Å². The van der Waals surface area contributed by atoms with Crippen molar-refractivity contribution in [1.82, 2.24) is 10.9 Å². The van der Waals surface area contributed by atoms with Gasteiger partial charge in [-0.1, -0.05) is 29.3 Å². The summed E-state index contributed by atoms with van der Waals surface area (Å²) >= 11 is 11.8. The summed E-state index contributed by atoms with van der Waals surface area (Å²) < 4.78 is 0. The highest BCUT2D eigenvalue weighted by atomic mass is 35.5. The maximum Gasteiger partial charge on any atom is 0.265 e. The van der Waals surface area contributed by atoms with Gasteiger partial charge in [0.05, 0.1) is 0 Å². The van der Waals surface area contributed by atoms with Crippen LogP contribution in [-0.4, -0.2) is 18.0 Å². The molecule has 0 aromatic heterocycles. The van der Waals surface area contributed by atoms with Gasteiger partial charge in [0.15, 0.2) is 0 Å². The summed E-state index contributed by atoms with van der Waals surface area (Å²) in [6, 6.07) is 6.93. The number of nitriles is 1. The van der Waals surface area contributed by atoms with E-state index in [4.69, 9.17) is 23.2 Å². The summed E-state index contributed by atoms with van der Waals surface area (Å²) in [5, 5.41) is 12.7. The second-order valence-corrected chi connectivity index (χ2v) is 6.12. The second-order valence-electron chi connectivity index (χ2n) is 5.25. The standard InChI is InChI=1S/C15H16Cl2N4O/c1-8-14(9(2)21-20-8)3-10(7-18)15(22)19-13-5-11(16)4-12(17)6-13/h3-6,8-9,14,20-21H,1-2H3,(H,19,22)/b10-3-. The number of nitrogens with one attached hydrogen (secondary N) is 3. The summed E-state index contributed by atoms with van der Waals surface area (Å²) in [5.41, 5.74) is 6.68. The molecule has 0 radical (unpaired) electrons. The lowest BCUT2D eigenvalue weighted by molar-refractivity contribution is -0.112. The molecule has 1 aromatic rings. The normalized spacial score (nSPS) is 24.9.